The predicted molar refractivity (Wildman–Crippen MR) is 105 cm³/mol. The van der Waals surface area contributed by atoms with Gasteiger partial charge in [-0.05, 0) is 57.4 Å². The minimum absolute atomic E-state index is 0.0155. The molecule has 4 heteroatoms. The molecule has 1 aliphatic rings. The Morgan fingerprint density at radius 3 is 1.50 bits per heavy atom. The normalized spacial score (nSPS) is 19.6. The second-order valence-electron chi connectivity index (χ2n) is 7.27. The number of nitrogens with one attached hydrogen (secondary N) is 2. The van der Waals surface area contributed by atoms with Crippen molar-refractivity contribution >= 4 is 23.2 Å². The molecule has 0 spiro atoms. The molecule has 0 aromatic heterocycles. The van der Waals surface area contributed by atoms with Gasteiger partial charge in [-0.25, -0.2) is 0 Å². The van der Waals surface area contributed by atoms with Gasteiger partial charge in [-0.3, -0.25) is 9.59 Å². The van der Waals surface area contributed by atoms with Crippen molar-refractivity contribution < 1.29 is 9.59 Å². The lowest BCUT2D eigenvalue weighted by atomic mass is 9.80. The second kappa shape index (κ2) is 8.17. The van der Waals surface area contributed by atoms with Crippen LogP contribution in [-0.4, -0.2) is 11.8 Å². The van der Waals surface area contributed by atoms with Crippen LogP contribution in [-0.2, 0) is 9.59 Å². The van der Waals surface area contributed by atoms with Gasteiger partial charge in [0.25, 0.3) is 0 Å². The number of benzene rings is 2. The molecule has 2 aromatic carbocycles. The number of carbonyl (C=O) groups is 2. The number of rotatable bonds is 4. The molecular formula is C22H26N2O2. The van der Waals surface area contributed by atoms with Crippen molar-refractivity contribution in [2.24, 2.45) is 11.8 Å². The summed E-state index contributed by atoms with van der Waals surface area (Å²) in [7, 11) is 0. The van der Waals surface area contributed by atoms with Crippen LogP contribution in [0.1, 0.15) is 36.8 Å². The molecule has 0 heterocycles. The Labute approximate surface area is 155 Å². The zero-order chi connectivity index (χ0) is 18.5. The van der Waals surface area contributed by atoms with E-state index in [1.165, 1.54) is 0 Å². The predicted octanol–water partition coefficient (Wildman–Crippen LogP) is 4.69. The van der Waals surface area contributed by atoms with Gasteiger partial charge in [-0.15, -0.1) is 0 Å². The van der Waals surface area contributed by atoms with Crippen molar-refractivity contribution in [2.75, 3.05) is 10.6 Å². The molecule has 26 heavy (non-hydrogen) atoms. The van der Waals surface area contributed by atoms with Gasteiger partial charge >= 0.3 is 0 Å². The third-order valence-corrected chi connectivity index (χ3v) is 5.05. The summed E-state index contributed by atoms with van der Waals surface area (Å²) in [5.41, 5.74) is 3.95. The van der Waals surface area contributed by atoms with Crippen LogP contribution >= 0.6 is 0 Å². The summed E-state index contributed by atoms with van der Waals surface area (Å²) in [5.74, 6) is -0.194. The van der Waals surface area contributed by atoms with Crippen LogP contribution in [0.3, 0.4) is 0 Å². The number of hydrogen-bond acceptors (Lipinski definition) is 2. The fourth-order valence-corrected chi connectivity index (χ4v) is 3.43. The average Bonchev–Trinajstić information content (AvgIpc) is 2.65. The zero-order valence-corrected chi connectivity index (χ0v) is 15.4. The highest BCUT2D eigenvalue weighted by atomic mass is 16.2. The molecule has 0 saturated heterocycles. The smallest absolute Gasteiger partial charge is 0.227 e. The van der Waals surface area contributed by atoms with Gasteiger partial charge in [0.05, 0.1) is 0 Å². The Morgan fingerprint density at radius 1 is 0.731 bits per heavy atom. The van der Waals surface area contributed by atoms with E-state index in [4.69, 9.17) is 0 Å². The third-order valence-electron chi connectivity index (χ3n) is 5.05. The number of hydrogen-bond donors (Lipinski definition) is 2. The van der Waals surface area contributed by atoms with E-state index in [-0.39, 0.29) is 23.7 Å². The molecule has 2 aromatic rings. The van der Waals surface area contributed by atoms with E-state index in [0.717, 1.165) is 41.8 Å². The van der Waals surface area contributed by atoms with E-state index in [2.05, 4.69) is 10.6 Å². The minimum Gasteiger partial charge on any atom is -0.326 e. The van der Waals surface area contributed by atoms with Gasteiger partial charge in [0.15, 0.2) is 0 Å². The SMILES string of the molecule is Cc1ccc(NC(=O)C2CCCC(C(=O)Nc3ccc(C)cc3)C2)cc1. The van der Waals surface area contributed by atoms with Crippen LogP contribution in [0.15, 0.2) is 48.5 Å². The van der Waals surface area contributed by atoms with Crippen molar-refractivity contribution in [3.63, 3.8) is 0 Å². The van der Waals surface area contributed by atoms with E-state index in [9.17, 15) is 9.59 Å². The van der Waals surface area contributed by atoms with Gasteiger partial charge in [0, 0.05) is 23.2 Å². The van der Waals surface area contributed by atoms with Crippen molar-refractivity contribution in [2.45, 2.75) is 39.5 Å². The fourth-order valence-electron chi connectivity index (χ4n) is 3.43. The molecule has 3 rings (SSSR count). The zero-order valence-electron chi connectivity index (χ0n) is 15.4. The molecule has 0 bridgehead atoms. The lowest BCUT2D eigenvalue weighted by Gasteiger charge is -2.27. The van der Waals surface area contributed by atoms with Crippen molar-refractivity contribution in [1.29, 1.82) is 0 Å². The van der Waals surface area contributed by atoms with E-state index in [0.29, 0.717) is 6.42 Å². The Bertz CT molecular complexity index is 700. The first kappa shape index (κ1) is 18.2. The van der Waals surface area contributed by atoms with Gasteiger partial charge in [0.2, 0.25) is 11.8 Å². The summed E-state index contributed by atoms with van der Waals surface area (Å²) >= 11 is 0. The standard InChI is InChI=1S/C22H26N2O2/c1-15-6-10-19(11-7-15)23-21(25)17-4-3-5-18(14-17)22(26)24-20-12-8-16(2)9-13-20/h6-13,17-18H,3-5,14H2,1-2H3,(H,23,25)(H,24,26). The Balaban J connectivity index is 1.57. The van der Waals surface area contributed by atoms with Gasteiger partial charge in [-0.1, -0.05) is 41.8 Å². The Morgan fingerprint density at radius 2 is 1.12 bits per heavy atom. The molecule has 2 unspecified atom stereocenters. The highest BCUT2D eigenvalue weighted by Gasteiger charge is 2.31. The van der Waals surface area contributed by atoms with Crippen LogP contribution in [0.25, 0.3) is 0 Å². The first-order valence-corrected chi connectivity index (χ1v) is 9.26. The van der Waals surface area contributed by atoms with E-state index in [1.54, 1.807) is 0 Å². The first-order chi connectivity index (χ1) is 12.5. The van der Waals surface area contributed by atoms with Crippen LogP contribution in [0.2, 0.25) is 0 Å². The molecule has 1 saturated carbocycles. The molecule has 2 N–H and O–H groups in total. The number of amides is 2. The molecule has 2 amide bonds. The molecule has 0 radical (unpaired) electrons. The quantitative estimate of drug-likeness (QED) is 0.840. The summed E-state index contributed by atoms with van der Waals surface area (Å²) in [6, 6.07) is 15.6. The fraction of sp³-hybridized carbons (Fsp3) is 0.364. The number of anilines is 2. The summed E-state index contributed by atoms with van der Waals surface area (Å²) in [6.45, 7) is 4.04. The average molecular weight is 350 g/mol. The van der Waals surface area contributed by atoms with Gasteiger partial charge in [-0.2, -0.15) is 0 Å². The molecule has 4 nitrogen and oxygen atoms in total. The molecule has 2 atom stereocenters. The van der Waals surface area contributed by atoms with E-state index < -0.39 is 0 Å². The van der Waals surface area contributed by atoms with Crippen LogP contribution in [0.4, 0.5) is 11.4 Å². The van der Waals surface area contributed by atoms with E-state index in [1.807, 2.05) is 62.4 Å². The summed E-state index contributed by atoms with van der Waals surface area (Å²) in [4.78, 5) is 25.1. The molecule has 1 fully saturated rings. The number of carbonyl (C=O) groups excluding carboxylic acids is 2. The highest BCUT2D eigenvalue weighted by molar-refractivity contribution is 5.95. The lowest BCUT2D eigenvalue weighted by molar-refractivity contribution is -0.124. The molecule has 0 aliphatic heterocycles. The van der Waals surface area contributed by atoms with Crippen molar-refractivity contribution in [3.05, 3.63) is 59.7 Å². The molecule has 136 valence electrons. The van der Waals surface area contributed by atoms with E-state index >= 15 is 0 Å². The van der Waals surface area contributed by atoms with Crippen LogP contribution in [0, 0.1) is 25.7 Å². The van der Waals surface area contributed by atoms with Crippen LogP contribution in [0.5, 0.6) is 0 Å². The van der Waals surface area contributed by atoms with Crippen molar-refractivity contribution in [3.8, 4) is 0 Å². The van der Waals surface area contributed by atoms with Crippen molar-refractivity contribution in [1.82, 2.24) is 0 Å². The second-order valence-corrected chi connectivity index (χ2v) is 7.27. The maximum Gasteiger partial charge on any atom is 0.227 e. The monoisotopic (exact) mass is 350 g/mol. The highest BCUT2D eigenvalue weighted by Crippen LogP contribution is 2.31. The summed E-state index contributed by atoms with van der Waals surface area (Å²) in [6.07, 6.45) is 3.19. The molecular weight excluding hydrogens is 324 g/mol. The Hall–Kier alpha value is -2.62. The van der Waals surface area contributed by atoms with Crippen LogP contribution < -0.4 is 10.6 Å². The third kappa shape index (κ3) is 4.72. The Kier molecular flexibility index (Phi) is 5.71. The number of aryl methyl sites for hydroxylation is 2. The maximum absolute atomic E-state index is 12.6. The lowest BCUT2D eigenvalue weighted by Crippen LogP contribution is -2.33. The largest absolute Gasteiger partial charge is 0.326 e. The minimum atomic E-state index is -0.112. The van der Waals surface area contributed by atoms with Gasteiger partial charge in [0.1, 0.15) is 0 Å². The first-order valence-electron chi connectivity index (χ1n) is 9.26. The van der Waals surface area contributed by atoms with Gasteiger partial charge < -0.3 is 10.6 Å². The maximum atomic E-state index is 12.6. The summed E-state index contributed by atoms with van der Waals surface area (Å²) in [5, 5.41) is 5.97. The topological polar surface area (TPSA) is 58.2 Å². The molecule has 1 aliphatic carbocycles. The summed E-state index contributed by atoms with van der Waals surface area (Å²) < 4.78 is 0.